The molecule has 4 aromatic carbocycles. The predicted molar refractivity (Wildman–Crippen MR) is 184 cm³/mol. The van der Waals surface area contributed by atoms with Crippen LogP contribution in [0, 0.1) is 0 Å². The number of hydrogen-bond acceptors (Lipinski definition) is 8. The number of esters is 1. The molecule has 2 heterocycles. The lowest BCUT2D eigenvalue weighted by atomic mass is 9.96. The van der Waals surface area contributed by atoms with Crippen molar-refractivity contribution in [3.05, 3.63) is 133 Å². The van der Waals surface area contributed by atoms with Gasteiger partial charge in [0.2, 0.25) is 0 Å². The van der Waals surface area contributed by atoms with Gasteiger partial charge in [0.05, 0.1) is 41.7 Å². The van der Waals surface area contributed by atoms with Crippen LogP contribution in [0.1, 0.15) is 50.4 Å². The fraction of sp³-hybridized carbons (Fsp3) is 0.237. The van der Waals surface area contributed by atoms with Gasteiger partial charge in [-0.15, -0.1) is 0 Å². The molecule has 9 heteroatoms. The van der Waals surface area contributed by atoms with Gasteiger partial charge in [-0.05, 0) is 85.5 Å². The third kappa shape index (κ3) is 6.57. The van der Waals surface area contributed by atoms with Crippen LogP contribution in [-0.2, 0) is 16.1 Å². The van der Waals surface area contributed by atoms with Crippen molar-refractivity contribution in [3.8, 4) is 17.2 Å². The van der Waals surface area contributed by atoms with Gasteiger partial charge in [0.1, 0.15) is 12.4 Å². The van der Waals surface area contributed by atoms with E-state index in [2.05, 4.69) is 29.3 Å². The zero-order valence-electron chi connectivity index (χ0n) is 26.8. The molecule has 6 rings (SSSR count). The first-order valence-corrected chi connectivity index (χ1v) is 16.5. The first-order chi connectivity index (χ1) is 22.9. The summed E-state index contributed by atoms with van der Waals surface area (Å²) in [6.07, 6.45) is 1.82. The Morgan fingerprint density at radius 2 is 1.64 bits per heavy atom. The maximum absolute atomic E-state index is 14.1. The van der Waals surface area contributed by atoms with Crippen LogP contribution in [0.4, 0.5) is 0 Å². The monoisotopic (exact) mass is 648 g/mol. The van der Waals surface area contributed by atoms with E-state index < -0.39 is 12.0 Å². The van der Waals surface area contributed by atoms with E-state index >= 15 is 0 Å². The van der Waals surface area contributed by atoms with E-state index in [1.54, 1.807) is 18.4 Å². The first kappa shape index (κ1) is 31.8. The van der Waals surface area contributed by atoms with Gasteiger partial charge in [-0.25, -0.2) is 9.79 Å². The lowest BCUT2D eigenvalue weighted by molar-refractivity contribution is -0.139. The molecule has 1 aliphatic rings. The number of nitrogens with zero attached hydrogens (tertiary/aromatic N) is 2. The summed E-state index contributed by atoms with van der Waals surface area (Å²) in [5, 5.41) is 2.30. The number of aromatic nitrogens is 1. The Morgan fingerprint density at radius 3 is 2.40 bits per heavy atom. The molecule has 8 nitrogen and oxygen atoms in total. The van der Waals surface area contributed by atoms with E-state index in [1.165, 1.54) is 11.3 Å². The third-order valence-corrected chi connectivity index (χ3v) is 8.84. The molecule has 1 aliphatic heterocycles. The van der Waals surface area contributed by atoms with Gasteiger partial charge in [0.15, 0.2) is 16.3 Å². The maximum atomic E-state index is 14.1. The Hall–Kier alpha value is -5.15. The fourth-order valence-corrected chi connectivity index (χ4v) is 6.79. The molecule has 240 valence electrons. The highest BCUT2D eigenvalue weighted by atomic mass is 32.1. The zero-order chi connectivity index (χ0) is 32.9. The lowest BCUT2D eigenvalue weighted by Gasteiger charge is -2.24. The van der Waals surface area contributed by atoms with E-state index in [0.29, 0.717) is 57.7 Å². The van der Waals surface area contributed by atoms with Crippen molar-refractivity contribution >= 4 is 34.2 Å². The number of benzene rings is 4. The predicted octanol–water partition coefficient (Wildman–Crippen LogP) is 6.33. The van der Waals surface area contributed by atoms with E-state index in [9.17, 15) is 9.59 Å². The number of carbonyl (C=O) groups excluding carboxylic acids is 1. The lowest BCUT2D eigenvalue weighted by Crippen LogP contribution is -2.39. The van der Waals surface area contributed by atoms with E-state index in [-0.39, 0.29) is 12.2 Å². The summed E-state index contributed by atoms with van der Waals surface area (Å²) in [4.78, 5) is 32.5. The molecule has 0 spiro atoms. The summed E-state index contributed by atoms with van der Waals surface area (Å²) in [6.45, 7) is 8.94. The number of allylic oxidation sites excluding steroid dienone is 1. The standard InChI is InChI=1S/C38H36N2O6S/c1-5-43-29-18-16-27(17-19-29)35-34(37(42)45-7-3)24(4)39-38-40(35)36(41)33(47-38)22-25-15-20-31(32(21-25)44-6-2)46-23-28-13-10-12-26-11-8-9-14-30(26)28/h8-22,35H,5-7,23H2,1-4H3/b33-22-/t35-/m1/s1. The van der Waals surface area contributed by atoms with Crippen LogP contribution >= 0.6 is 11.3 Å². The molecule has 0 fully saturated rings. The van der Waals surface area contributed by atoms with E-state index in [1.807, 2.05) is 80.6 Å². The van der Waals surface area contributed by atoms with Crippen molar-refractivity contribution in [2.75, 3.05) is 19.8 Å². The number of rotatable bonds is 11. The second-order valence-electron chi connectivity index (χ2n) is 10.9. The molecule has 0 bridgehead atoms. The Labute approximate surface area is 276 Å². The van der Waals surface area contributed by atoms with Crippen molar-refractivity contribution < 1.29 is 23.7 Å². The SMILES string of the molecule is CCOC(=O)C1=C(C)N=c2s/c(=C\c3ccc(OCc4cccc5ccccc45)c(OCC)c3)c(=O)n2[C@@H]1c1ccc(OCC)cc1. The Morgan fingerprint density at radius 1 is 0.872 bits per heavy atom. The second-order valence-corrected chi connectivity index (χ2v) is 11.9. The van der Waals surface area contributed by atoms with Crippen LogP contribution < -0.4 is 29.1 Å². The molecule has 0 radical (unpaired) electrons. The maximum Gasteiger partial charge on any atom is 0.338 e. The fourth-order valence-electron chi connectivity index (χ4n) is 5.75. The molecule has 47 heavy (non-hydrogen) atoms. The van der Waals surface area contributed by atoms with Gasteiger partial charge >= 0.3 is 5.97 Å². The Kier molecular flexibility index (Phi) is 9.54. The van der Waals surface area contributed by atoms with Crippen molar-refractivity contribution in [1.29, 1.82) is 0 Å². The van der Waals surface area contributed by atoms with Crippen molar-refractivity contribution in [3.63, 3.8) is 0 Å². The van der Waals surface area contributed by atoms with Gasteiger partial charge in [-0.3, -0.25) is 9.36 Å². The number of thiazole rings is 1. The summed E-state index contributed by atoms with van der Waals surface area (Å²) in [5.41, 5.74) is 3.20. The minimum Gasteiger partial charge on any atom is -0.494 e. The molecule has 0 unspecified atom stereocenters. The molecular formula is C38H36N2O6S. The molecular weight excluding hydrogens is 612 g/mol. The molecule has 0 amide bonds. The van der Waals surface area contributed by atoms with Gasteiger partial charge in [0, 0.05) is 0 Å². The molecule has 0 saturated heterocycles. The Balaban J connectivity index is 1.37. The normalized spacial score (nSPS) is 14.5. The van der Waals surface area contributed by atoms with Crippen LogP contribution in [0.25, 0.3) is 16.8 Å². The van der Waals surface area contributed by atoms with Crippen molar-refractivity contribution in [2.45, 2.75) is 40.3 Å². The molecule has 5 aromatic rings. The van der Waals surface area contributed by atoms with Gasteiger partial charge in [0.25, 0.3) is 5.56 Å². The highest BCUT2D eigenvalue weighted by Crippen LogP contribution is 2.33. The van der Waals surface area contributed by atoms with Crippen LogP contribution in [0.5, 0.6) is 17.2 Å². The zero-order valence-corrected chi connectivity index (χ0v) is 27.6. The molecule has 1 atom stereocenters. The van der Waals surface area contributed by atoms with Crippen LogP contribution in [-0.4, -0.2) is 30.4 Å². The smallest absolute Gasteiger partial charge is 0.338 e. The Bertz CT molecular complexity index is 2140. The molecule has 0 aliphatic carbocycles. The number of ether oxygens (including phenoxy) is 4. The number of carbonyl (C=O) groups is 1. The largest absolute Gasteiger partial charge is 0.494 e. The van der Waals surface area contributed by atoms with Crippen LogP contribution in [0.15, 0.2) is 106 Å². The minimum atomic E-state index is -0.702. The van der Waals surface area contributed by atoms with E-state index in [4.69, 9.17) is 18.9 Å². The average molecular weight is 649 g/mol. The quantitative estimate of drug-likeness (QED) is 0.156. The van der Waals surface area contributed by atoms with E-state index in [0.717, 1.165) is 27.5 Å². The van der Waals surface area contributed by atoms with Gasteiger partial charge < -0.3 is 18.9 Å². The summed E-state index contributed by atoms with van der Waals surface area (Å²) in [6, 6.07) is 26.8. The van der Waals surface area contributed by atoms with Gasteiger partial charge in [-0.1, -0.05) is 72.0 Å². The highest BCUT2D eigenvalue weighted by molar-refractivity contribution is 7.07. The molecule has 1 aromatic heterocycles. The van der Waals surface area contributed by atoms with Gasteiger partial charge in [-0.2, -0.15) is 0 Å². The third-order valence-electron chi connectivity index (χ3n) is 7.85. The average Bonchev–Trinajstić information content (AvgIpc) is 3.38. The van der Waals surface area contributed by atoms with Crippen LogP contribution in [0.3, 0.4) is 0 Å². The van der Waals surface area contributed by atoms with Crippen molar-refractivity contribution in [1.82, 2.24) is 4.57 Å². The van der Waals surface area contributed by atoms with Crippen molar-refractivity contribution in [2.24, 2.45) is 4.99 Å². The summed E-state index contributed by atoms with van der Waals surface area (Å²) >= 11 is 1.27. The topological polar surface area (TPSA) is 88.4 Å². The minimum absolute atomic E-state index is 0.208. The first-order valence-electron chi connectivity index (χ1n) is 15.7. The number of hydrogen-bond donors (Lipinski definition) is 0. The second kappa shape index (κ2) is 14.1. The number of fused-ring (bicyclic) bond motifs is 2. The summed E-state index contributed by atoms with van der Waals surface area (Å²) < 4.78 is 25.3. The molecule has 0 saturated carbocycles. The summed E-state index contributed by atoms with van der Waals surface area (Å²) in [7, 11) is 0. The highest BCUT2D eigenvalue weighted by Gasteiger charge is 2.33. The van der Waals surface area contributed by atoms with Crippen LogP contribution in [0.2, 0.25) is 0 Å². The summed E-state index contributed by atoms with van der Waals surface area (Å²) in [5.74, 6) is 1.41. The molecule has 0 N–H and O–H groups in total.